The van der Waals surface area contributed by atoms with E-state index in [0.29, 0.717) is 65.0 Å². The maximum absolute atomic E-state index is 11.1. The second-order valence-corrected chi connectivity index (χ2v) is 9.48. The molecule has 3 aromatic rings. The largest absolute Gasteiger partial charge is 0.483 e. The number of imidazole rings is 1. The Morgan fingerprint density at radius 1 is 1.21 bits per heavy atom. The van der Waals surface area contributed by atoms with Crippen molar-refractivity contribution >= 4 is 34.4 Å². The van der Waals surface area contributed by atoms with Crippen LogP contribution < -0.4 is 20.5 Å². The van der Waals surface area contributed by atoms with Crippen LogP contribution in [0.5, 0.6) is 11.8 Å². The zero-order chi connectivity index (χ0) is 23.2. The summed E-state index contributed by atoms with van der Waals surface area (Å²) in [7, 11) is 0. The minimum Gasteiger partial charge on any atom is -0.483 e. The van der Waals surface area contributed by atoms with Crippen LogP contribution in [0.2, 0.25) is 5.02 Å². The number of aliphatic carboxylic acids is 1. The van der Waals surface area contributed by atoms with E-state index in [1.807, 2.05) is 19.1 Å². The number of aromatic amines is 1. The summed E-state index contributed by atoms with van der Waals surface area (Å²) >= 11 is 6.53. The van der Waals surface area contributed by atoms with Crippen LogP contribution in [0, 0.1) is 5.92 Å². The number of aromatic nitrogens is 3. The van der Waals surface area contributed by atoms with Crippen LogP contribution in [0.25, 0.3) is 22.4 Å². The molecule has 2 aromatic heterocycles. The molecule has 1 aliphatic heterocycles. The van der Waals surface area contributed by atoms with Crippen LogP contribution in [-0.4, -0.2) is 50.8 Å². The standard InChI is InChI=1S/C23H26ClN5O4/c1-23(10-26-11-23)33-18-7-4-13(8-16(18)25)19-15(24)9-17-20(28-19)29-22(27-17)32-14-5-2-12(3-6-14)21(30)31/h4,7-9,12,14,26H,2-3,5-6,10-11,25H2,1H3,(H,30,31)(H,27,28,29). The molecule has 33 heavy (non-hydrogen) atoms. The van der Waals surface area contributed by atoms with Crippen LogP contribution in [0.3, 0.4) is 0 Å². The summed E-state index contributed by atoms with van der Waals surface area (Å²) in [4.78, 5) is 23.3. The van der Waals surface area contributed by atoms with Gasteiger partial charge in [0.05, 0.1) is 27.8 Å². The third-order valence-electron chi connectivity index (χ3n) is 6.34. The summed E-state index contributed by atoms with van der Waals surface area (Å²) in [6, 6.07) is 7.64. The number of ether oxygens (including phenoxy) is 2. The SMILES string of the molecule is CC1(Oc2ccc(-c3nc4nc(OC5CCC(C(=O)O)CC5)[nH]c4cc3Cl)cc2N)CNC1. The van der Waals surface area contributed by atoms with Gasteiger partial charge in [-0.25, -0.2) is 4.98 Å². The lowest BCUT2D eigenvalue weighted by atomic mass is 9.87. The number of nitrogen functional groups attached to an aromatic ring is 1. The van der Waals surface area contributed by atoms with Crippen molar-refractivity contribution < 1.29 is 19.4 Å². The second kappa shape index (κ2) is 8.39. The van der Waals surface area contributed by atoms with E-state index in [4.69, 9.17) is 31.9 Å². The molecule has 5 rings (SSSR count). The molecule has 0 spiro atoms. The molecular weight excluding hydrogens is 446 g/mol. The highest BCUT2D eigenvalue weighted by Crippen LogP contribution is 2.35. The Balaban J connectivity index is 1.34. The first-order valence-electron chi connectivity index (χ1n) is 11.0. The third-order valence-corrected chi connectivity index (χ3v) is 6.63. The summed E-state index contributed by atoms with van der Waals surface area (Å²) in [5.41, 5.74) is 9.00. The molecule has 3 heterocycles. The lowest BCUT2D eigenvalue weighted by Gasteiger charge is -2.39. The van der Waals surface area contributed by atoms with E-state index in [0.717, 1.165) is 18.7 Å². The molecule has 0 unspecified atom stereocenters. The highest BCUT2D eigenvalue weighted by molar-refractivity contribution is 6.33. The summed E-state index contributed by atoms with van der Waals surface area (Å²) in [5.74, 6) is -0.396. The van der Waals surface area contributed by atoms with Crippen LogP contribution >= 0.6 is 11.6 Å². The van der Waals surface area contributed by atoms with Crippen molar-refractivity contribution in [2.24, 2.45) is 5.92 Å². The Labute approximate surface area is 195 Å². The van der Waals surface area contributed by atoms with Crippen molar-refractivity contribution in [1.82, 2.24) is 20.3 Å². The van der Waals surface area contributed by atoms with E-state index in [1.165, 1.54) is 0 Å². The average molecular weight is 472 g/mol. The zero-order valence-electron chi connectivity index (χ0n) is 18.2. The number of carboxylic acids is 1. The van der Waals surface area contributed by atoms with Crippen LogP contribution in [0.15, 0.2) is 24.3 Å². The minimum absolute atomic E-state index is 0.0730. The van der Waals surface area contributed by atoms with Gasteiger partial charge in [0.25, 0.3) is 6.01 Å². The van der Waals surface area contributed by atoms with Gasteiger partial charge in [-0.15, -0.1) is 0 Å². The van der Waals surface area contributed by atoms with Crippen molar-refractivity contribution in [2.75, 3.05) is 18.8 Å². The molecule has 9 nitrogen and oxygen atoms in total. The van der Waals surface area contributed by atoms with Crippen LogP contribution in [-0.2, 0) is 4.79 Å². The van der Waals surface area contributed by atoms with E-state index < -0.39 is 5.97 Å². The molecule has 2 aliphatic rings. The van der Waals surface area contributed by atoms with Gasteiger partial charge in [0.15, 0.2) is 5.65 Å². The number of anilines is 1. The van der Waals surface area contributed by atoms with Gasteiger partial charge in [-0.1, -0.05) is 11.6 Å². The molecule has 1 saturated heterocycles. The molecule has 2 fully saturated rings. The molecule has 174 valence electrons. The van der Waals surface area contributed by atoms with E-state index in [9.17, 15) is 4.79 Å². The smallest absolute Gasteiger partial charge is 0.306 e. The highest BCUT2D eigenvalue weighted by atomic mass is 35.5. The van der Waals surface area contributed by atoms with Crippen molar-refractivity contribution in [3.63, 3.8) is 0 Å². The predicted molar refractivity (Wildman–Crippen MR) is 125 cm³/mol. The molecule has 1 saturated carbocycles. The second-order valence-electron chi connectivity index (χ2n) is 9.07. The van der Waals surface area contributed by atoms with Gasteiger partial charge in [-0.05, 0) is 56.9 Å². The number of nitrogens with zero attached hydrogens (tertiary/aromatic N) is 2. The number of nitrogens with two attached hydrogens (primary N) is 1. The number of fused-ring (bicyclic) bond motifs is 1. The van der Waals surface area contributed by atoms with Gasteiger partial charge >= 0.3 is 5.97 Å². The molecule has 0 amide bonds. The number of nitrogens with one attached hydrogen (secondary N) is 2. The van der Waals surface area contributed by atoms with Gasteiger partial charge in [0.2, 0.25) is 0 Å². The van der Waals surface area contributed by atoms with E-state index in [1.54, 1.807) is 12.1 Å². The molecular formula is C23H26ClN5O4. The van der Waals surface area contributed by atoms with E-state index in [-0.39, 0.29) is 17.6 Å². The van der Waals surface area contributed by atoms with Crippen molar-refractivity contribution in [3.8, 4) is 23.0 Å². The topological polar surface area (TPSA) is 135 Å². The minimum atomic E-state index is -0.738. The number of hydrogen-bond donors (Lipinski definition) is 4. The van der Waals surface area contributed by atoms with Gasteiger partial charge in [-0.2, -0.15) is 4.98 Å². The molecule has 0 radical (unpaired) electrons. The number of rotatable bonds is 6. The van der Waals surface area contributed by atoms with Crippen molar-refractivity contribution in [1.29, 1.82) is 0 Å². The number of H-pyrrole nitrogens is 1. The van der Waals surface area contributed by atoms with Crippen LogP contribution in [0.4, 0.5) is 5.69 Å². The molecule has 1 aliphatic carbocycles. The Bertz CT molecular complexity index is 1200. The Kier molecular flexibility index (Phi) is 5.54. The third kappa shape index (κ3) is 4.43. The highest BCUT2D eigenvalue weighted by Gasteiger charge is 2.34. The zero-order valence-corrected chi connectivity index (χ0v) is 19.0. The Hall–Kier alpha value is -3.04. The summed E-state index contributed by atoms with van der Waals surface area (Å²) in [6.07, 6.45) is 2.49. The normalized spacial score (nSPS) is 22.0. The van der Waals surface area contributed by atoms with E-state index >= 15 is 0 Å². The first-order chi connectivity index (χ1) is 15.8. The number of hydrogen-bond acceptors (Lipinski definition) is 7. The average Bonchev–Trinajstić information content (AvgIpc) is 3.14. The van der Waals surface area contributed by atoms with E-state index in [2.05, 4.69) is 20.3 Å². The molecule has 10 heteroatoms. The summed E-state index contributed by atoms with van der Waals surface area (Å²) < 4.78 is 12.0. The van der Waals surface area contributed by atoms with Crippen LogP contribution in [0.1, 0.15) is 32.6 Å². The number of benzene rings is 1. The number of carbonyl (C=O) groups is 1. The van der Waals surface area contributed by atoms with Gasteiger partial charge in [0, 0.05) is 18.7 Å². The van der Waals surface area contributed by atoms with Gasteiger partial charge in [0.1, 0.15) is 17.5 Å². The molecule has 5 N–H and O–H groups in total. The van der Waals surface area contributed by atoms with Crippen molar-refractivity contribution in [3.05, 3.63) is 29.3 Å². The Morgan fingerprint density at radius 3 is 2.61 bits per heavy atom. The fourth-order valence-corrected chi connectivity index (χ4v) is 4.60. The number of halogens is 1. The van der Waals surface area contributed by atoms with Gasteiger partial charge in [-0.3, -0.25) is 4.79 Å². The number of carboxylic acid groups (broad SMARTS) is 1. The number of pyridine rings is 1. The predicted octanol–water partition coefficient (Wildman–Crippen LogP) is 3.62. The molecule has 0 atom stereocenters. The first-order valence-corrected chi connectivity index (χ1v) is 11.4. The fourth-order valence-electron chi connectivity index (χ4n) is 4.34. The van der Waals surface area contributed by atoms with Gasteiger partial charge < -0.3 is 30.6 Å². The Morgan fingerprint density at radius 2 is 1.97 bits per heavy atom. The monoisotopic (exact) mass is 471 g/mol. The van der Waals surface area contributed by atoms with Crippen molar-refractivity contribution in [2.45, 2.75) is 44.3 Å². The first kappa shape index (κ1) is 21.8. The fraction of sp³-hybridized carbons (Fsp3) is 0.435. The molecule has 1 aromatic carbocycles. The molecule has 0 bridgehead atoms. The maximum Gasteiger partial charge on any atom is 0.306 e. The maximum atomic E-state index is 11.1. The lowest BCUT2D eigenvalue weighted by molar-refractivity contribution is -0.143. The quantitative estimate of drug-likeness (QED) is 0.400. The summed E-state index contributed by atoms with van der Waals surface area (Å²) in [6.45, 7) is 3.60. The lowest BCUT2D eigenvalue weighted by Crippen LogP contribution is -2.61. The summed E-state index contributed by atoms with van der Waals surface area (Å²) in [5, 5.41) is 12.8.